The molecule has 0 bridgehead atoms. The molecule has 1 aromatic carbocycles. The Morgan fingerprint density at radius 2 is 1.83 bits per heavy atom. The SMILES string of the molecule is CCC(CC)C(=O)Nc1ccc(Nc2ccc(F)c(Cl)c2)nn1. The lowest BCUT2D eigenvalue weighted by molar-refractivity contribution is -0.120. The maximum atomic E-state index is 13.1. The molecule has 0 saturated carbocycles. The molecule has 2 N–H and O–H groups in total. The number of amides is 1. The van der Waals surface area contributed by atoms with Crippen LogP contribution in [0.25, 0.3) is 0 Å². The molecule has 0 radical (unpaired) electrons. The van der Waals surface area contributed by atoms with E-state index in [4.69, 9.17) is 11.6 Å². The van der Waals surface area contributed by atoms with Crippen LogP contribution in [0.2, 0.25) is 5.02 Å². The maximum absolute atomic E-state index is 13.1. The fraction of sp³-hybridized carbons (Fsp3) is 0.312. The summed E-state index contributed by atoms with van der Waals surface area (Å²) in [7, 11) is 0. The van der Waals surface area contributed by atoms with Gasteiger partial charge in [-0.1, -0.05) is 25.4 Å². The van der Waals surface area contributed by atoms with E-state index in [1.807, 2.05) is 13.8 Å². The zero-order valence-corrected chi connectivity index (χ0v) is 13.7. The number of benzene rings is 1. The minimum atomic E-state index is -0.484. The van der Waals surface area contributed by atoms with Crippen molar-refractivity contribution in [1.82, 2.24) is 10.2 Å². The topological polar surface area (TPSA) is 66.9 Å². The van der Waals surface area contributed by atoms with Gasteiger partial charge >= 0.3 is 0 Å². The predicted molar refractivity (Wildman–Crippen MR) is 89.4 cm³/mol. The van der Waals surface area contributed by atoms with Crippen molar-refractivity contribution in [3.05, 3.63) is 41.2 Å². The van der Waals surface area contributed by atoms with Crippen molar-refractivity contribution < 1.29 is 9.18 Å². The molecule has 1 amide bonds. The van der Waals surface area contributed by atoms with Crippen LogP contribution in [0, 0.1) is 11.7 Å². The van der Waals surface area contributed by atoms with Crippen LogP contribution in [0.15, 0.2) is 30.3 Å². The minimum Gasteiger partial charge on any atom is -0.339 e. The Balaban J connectivity index is 2.01. The summed E-state index contributed by atoms with van der Waals surface area (Å²) >= 11 is 5.72. The van der Waals surface area contributed by atoms with Crippen LogP contribution in [0.1, 0.15) is 26.7 Å². The van der Waals surface area contributed by atoms with Crippen LogP contribution >= 0.6 is 11.6 Å². The second-order valence-corrected chi connectivity index (χ2v) is 5.47. The smallest absolute Gasteiger partial charge is 0.228 e. The van der Waals surface area contributed by atoms with Gasteiger partial charge in [0.25, 0.3) is 0 Å². The van der Waals surface area contributed by atoms with Gasteiger partial charge in [0.1, 0.15) is 5.82 Å². The van der Waals surface area contributed by atoms with Crippen LogP contribution in [0.4, 0.5) is 21.7 Å². The lowest BCUT2D eigenvalue weighted by Gasteiger charge is -2.12. The zero-order chi connectivity index (χ0) is 16.8. The molecule has 0 atom stereocenters. The number of aromatic nitrogens is 2. The molecule has 2 aromatic rings. The zero-order valence-electron chi connectivity index (χ0n) is 12.9. The molecule has 5 nitrogen and oxygen atoms in total. The number of halogens is 2. The van der Waals surface area contributed by atoms with Gasteiger partial charge in [0.2, 0.25) is 5.91 Å². The van der Waals surface area contributed by atoms with E-state index in [2.05, 4.69) is 20.8 Å². The first kappa shape index (κ1) is 17.1. The van der Waals surface area contributed by atoms with Gasteiger partial charge in [-0.05, 0) is 43.2 Å². The van der Waals surface area contributed by atoms with E-state index in [1.165, 1.54) is 12.1 Å². The number of anilines is 3. The molecule has 23 heavy (non-hydrogen) atoms. The number of hydrogen-bond donors (Lipinski definition) is 2. The molecule has 0 aliphatic carbocycles. The van der Waals surface area contributed by atoms with E-state index in [0.717, 1.165) is 12.8 Å². The molecule has 2 rings (SSSR count). The number of rotatable bonds is 6. The summed E-state index contributed by atoms with van der Waals surface area (Å²) in [6, 6.07) is 7.60. The Bertz CT molecular complexity index is 674. The highest BCUT2D eigenvalue weighted by Gasteiger charge is 2.14. The molecule has 0 unspecified atom stereocenters. The van der Waals surface area contributed by atoms with Crippen LogP contribution in [-0.2, 0) is 4.79 Å². The van der Waals surface area contributed by atoms with Crippen molar-refractivity contribution in [3.8, 4) is 0 Å². The second kappa shape index (κ2) is 7.87. The Kier molecular flexibility index (Phi) is 5.87. The van der Waals surface area contributed by atoms with Crippen molar-refractivity contribution in [2.24, 2.45) is 5.92 Å². The molecule has 7 heteroatoms. The number of nitrogens with zero attached hydrogens (tertiary/aromatic N) is 2. The van der Waals surface area contributed by atoms with Crippen LogP contribution in [0.5, 0.6) is 0 Å². The van der Waals surface area contributed by atoms with E-state index >= 15 is 0 Å². The quantitative estimate of drug-likeness (QED) is 0.821. The van der Waals surface area contributed by atoms with E-state index < -0.39 is 5.82 Å². The summed E-state index contributed by atoms with van der Waals surface area (Å²) in [6.07, 6.45) is 1.56. The van der Waals surface area contributed by atoms with Crippen LogP contribution in [-0.4, -0.2) is 16.1 Å². The highest BCUT2D eigenvalue weighted by molar-refractivity contribution is 6.31. The van der Waals surface area contributed by atoms with Crippen LogP contribution < -0.4 is 10.6 Å². The molecule has 0 saturated heterocycles. The molecule has 1 aromatic heterocycles. The lowest BCUT2D eigenvalue weighted by atomic mass is 10.0. The summed E-state index contributed by atoms with van der Waals surface area (Å²) in [5.41, 5.74) is 0.597. The molecular weight excluding hydrogens is 319 g/mol. The third kappa shape index (κ3) is 4.63. The minimum absolute atomic E-state index is 0.0250. The molecule has 1 heterocycles. The normalized spacial score (nSPS) is 10.7. The van der Waals surface area contributed by atoms with Crippen molar-refractivity contribution in [1.29, 1.82) is 0 Å². The van der Waals surface area contributed by atoms with Gasteiger partial charge in [-0.3, -0.25) is 4.79 Å². The van der Waals surface area contributed by atoms with Gasteiger partial charge in [0.05, 0.1) is 5.02 Å². The summed E-state index contributed by atoms with van der Waals surface area (Å²) in [5, 5.41) is 13.7. The number of carbonyl (C=O) groups is 1. The van der Waals surface area contributed by atoms with Crippen molar-refractivity contribution >= 4 is 34.8 Å². The Morgan fingerprint density at radius 3 is 2.39 bits per heavy atom. The highest BCUT2D eigenvalue weighted by Crippen LogP contribution is 2.22. The van der Waals surface area contributed by atoms with Gasteiger partial charge in [-0.15, -0.1) is 10.2 Å². The Labute approximate surface area is 139 Å². The van der Waals surface area contributed by atoms with E-state index in [1.54, 1.807) is 18.2 Å². The van der Waals surface area contributed by atoms with Gasteiger partial charge in [0.15, 0.2) is 11.6 Å². The number of carbonyl (C=O) groups excluding carboxylic acids is 1. The van der Waals surface area contributed by atoms with Crippen LogP contribution in [0.3, 0.4) is 0 Å². The van der Waals surface area contributed by atoms with Crippen molar-refractivity contribution in [2.45, 2.75) is 26.7 Å². The maximum Gasteiger partial charge on any atom is 0.228 e. The Morgan fingerprint density at radius 1 is 1.17 bits per heavy atom. The second-order valence-electron chi connectivity index (χ2n) is 5.06. The average molecular weight is 337 g/mol. The van der Waals surface area contributed by atoms with Gasteiger partial charge in [-0.2, -0.15) is 0 Å². The van der Waals surface area contributed by atoms with Gasteiger partial charge in [-0.25, -0.2) is 4.39 Å². The summed E-state index contributed by atoms with van der Waals surface area (Å²) < 4.78 is 13.1. The molecule has 122 valence electrons. The predicted octanol–water partition coefficient (Wildman–Crippen LogP) is 4.39. The van der Waals surface area contributed by atoms with E-state index in [-0.39, 0.29) is 16.8 Å². The van der Waals surface area contributed by atoms with E-state index in [0.29, 0.717) is 17.3 Å². The summed E-state index contributed by atoms with van der Waals surface area (Å²) in [5.74, 6) is 0.284. The molecule has 0 fully saturated rings. The first-order valence-electron chi connectivity index (χ1n) is 7.40. The molecule has 0 aliphatic rings. The first-order valence-corrected chi connectivity index (χ1v) is 7.78. The monoisotopic (exact) mass is 336 g/mol. The summed E-state index contributed by atoms with van der Waals surface area (Å²) in [6.45, 7) is 3.94. The third-order valence-corrected chi connectivity index (χ3v) is 3.75. The average Bonchev–Trinajstić information content (AvgIpc) is 2.54. The summed E-state index contributed by atoms with van der Waals surface area (Å²) in [4.78, 5) is 12.0. The lowest BCUT2D eigenvalue weighted by Crippen LogP contribution is -2.22. The number of hydrogen-bond acceptors (Lipinski definition) is 4. The fourth-order valence-electron chi connectivity index (χ4n) is 2.08. The first-order chi connectivity index (χ1) is 11.0. The van der Waals surface area contributed by atoms with Gasteiger partial charge in [0, 0.05) is 11.6 Å². The Hall–Kier alpha value is -2.21. The third-order valence-electron chi connectivity index (χ3n) is 3.46. The van der Waals surface area contributed by atoms with Gasteiger partial charge < -0.3 is 10.6 Å². The van der Waals surface area contributed by atoms with E-state index in [9.17, 15) is 9.18 Å². The van der Waals surface area contributed by atoms with Crippen molar-refractivity contribution in [2.75, 3.05) is 10.6 Å². The molecule has 0 aliphatic heterocycles. The van der Waals surface area contributed by atoms with Crippen molar-refractivity contribution in [3.63, 3.8) is 0 Å². The number of nitrogens with one attached hydrogen (secondary N) is 2. The fourth-order valence-corrected chi connectivity index (χ4v) is 2.26. The molecular formula is C16H18ClFN4O. The largest absolute Gasteiger partial charge is 0.339 e. The highest BCUT2D eigenvalue weighted by atomic mass is 35.5. The standard InChI is InChI=1S/C16H18ClFN4O/c1-3-10(4-2)16(23)20-15-8-7-14(21-22-15)19-11-5-6-13(18)12(17)9-11/h5-10H,3-4H2,1-2H3,(H,19,21)(H,20,22,23). The molecule has 0 spiro atoms.